The van der Waals surface area contributed by atoms with Crippen molar-refractivity contribution in [3.05, 3.63) is 42.1 Å². The maximum atomic E-state index is 12.9. The first-order valence-corrected chi connectivity index (χ1v) is 17.6. The van der Waals surface area contributed by atoms with Crippen LogP contribution in [0.4, 0.5) is 5.69 Å². The molecule has 0 saturated heterocycles. The highest BCUT2D eigenvalue weighted by Gasteiger charge is 2.59. The molecule has 0 aliphatic heterocycles. The van der Waals surface area contributed by atoms with Gasteiger partial charge < -0.3 is 25.2 Å². The molecule has 0 radical (unpaired) electrons. The summed E-state index contributed by atoms with van der Waals surface area (Å²) in [6.07, 6.45) is 14.2. The molecule has 0 bridgehead atoms. The Balaban J connectivity index is 0.924. The van der Waals surface area contributed by atoms with E-state index in [1.807, 2.05) is 24.3 Å². The Kier molecular flexibility index (Phi) is 9.65. The van der Waals surface area contributed by atoms with Crippen LogP contribution >= 0.6 is 0 Å². The fraction of sp³-hybridized carbons (Fsp3) is 0.658. The van der Waals surface area contributed by atoms with Gasteiger partial charge in [-0.2, -0.15) is 0 Å². The largest absolute Gasteiger partial charge is 0.497 e. The predicted molar refractivity (Wildman–Crippen MR) is 180 cm³/mol. The van der Waals surface area contributed by atoms with E-state index in [-0.39, 0.29) is 53.8 Å². The molecule has 1 heterocycles. The van der Waals surface area contributed by atoms with E-state index in [1.54, 1.807) is 13.3 Å². The number of allylic oxidation sites excluding steroid dienone is 1. The molecule has 4 aliphatic carbocycles. The molecule has 6 rings (SSSR count). The number of anilines is 1. The van der Waals surface area contributed by atoms with E-state index < -0.39 is 0 Å². The molecule has 0 spiro atoms. The lowest BCUT2D eigenvalue weighted by Gasteiger charge is -2.57. The van der Waals surface area contributed by atoms with E-state index in [4.69, 9.17) is 9.47 Å². The Hall–Kier alpha value is -3.13. The molecule has 250 valence electrons. The quantitative estimate of drug-likeness (QED) is 0.140. The van der Waals surface area contributed by atoms with Crippen LogP contribution in [0.2, 0.25) is 0 Å². The van der Waals surface area contributed by atoms with E-state index in [0.29, 0.717) is 24.3 Å². The number of ether oxygens (including phenoxy) is 2. The van der Waals surface area contributed by atoms with Crippen molar-refractivity contribution in [1.29, 1.82) is 0 Å². The first-order valence-electron chi connectivity index (χ1n) is 17.6. The van der Waals surface area contributed by atoms with Gasteiger partial charge in [0.25, 0.3) is 0 Å². The molecule has 1 aromatic heterocycles. The second kappa shape index (κ2) is 13.5. The van der Waals surface area contributed by atoms with Gasteiger partial charge in [-0.3, -0.25) is 14.6 Å². The summed E-state index contributed by atoms with van der Waals surface area (Å²) >= 11 is 0. The molecule has 2 aromatic rings. The number of aromatic nitrogens is 1. The Labute approximate surface area is 274 Å². The number of aliphatic hydroxyl groups is 1. The number of carbonyl (C=O) groups is 2. The lowest BCUT2D eigenvalue weighted by atomic mass is 9.48. The average Bonchev–Trinajstić information content (AvgIpc) is 3.38. The molecule has 8 atom stereocenters. The molecule has 3 N–H and O–H groups in total. The number of aliphatic hydroxyl groups excluding tert-OH is 1. The number of hydrogen-bond acceptors (Lipinski definition) is 7. The van der Waals surface area contributed by atoms with E-state index in [9.17, 15) is 14.7 Å². The molecule has 8 nitrogen and oxygen atoms in total. The highest BCUT2D eigenvalue weighted by molar-refractivity contribution is 5.92. The topological polar surface area (TPSA) is 110 Å². The maximum Gasteiger partial charge on any atom is 0.306 e. The van der Waals surface area contributed by atoms with Gasteiger partial charge in [0.05, 0.1) is 30.8 Å². The van der Waals surface area contributed by atoms with Gasteiger partial charge in [0, 0.05) is 42.1 Å². The number of nitrogens with one attached hydrogen (secondary N) is 2. The van der Waals surface area contributed by atoms with Crippen molar-refractivity contribution in [2.24, 2.45) is 28.6 Å². The van der Waals surface area contributed by atoms with Crippen LogP contribution in [0, 0.1) is 28.6 Å². The monoisotopic (exact) mass is 631 g/mol. The number of rotatable bonds is 11. The van der Waals surface area contributed by atoms with E-state index in [1.165, 1.54) is 12.0 Å². The smallest absolute Gasteiger partial charge is 0.306 e. The van der Waals surface area contributed by atoms with Crippen LogP contribution in [0.25, 0.3) is 10.9 Å². The van der Waals surface area contributed by atoms with Crippen LogP contribution in [0.5, 0.6) is 5.75 Å². The average molecular weight is 632 g/mol. The molecular formula is C38H53N3O5. The Morgan fingerprint density at radius 2 is 1.96 bits per heavy atom. The minimum Gasteiger partial charge on any atom is -0.497 e. The van der Waals surface area contributed by atoms with Crippen LogP contribution in [-0.2, 0) is 14.3 Å². The third kappa shape index (κ3) is 6.51. The summed E-state index contributed by atoms with van der Waals surface area (Å²) in [5.41, 5.74) is 3.55. The lowest BCUT2D eigenvalue weighted by Crippen LogP contribution is -2.51. The van der Waals surface area contributed by atoms with Crippen LogP contribution in [0.1, 0.15) is 97.8 Å². The molecule has 3 saturated carbocycles. The fourth-order valence-corrected chi connectivity index (χ4v) is 9.68. The van der Waals surface area contributed by atoms with Crippen LogP contribution < -0.4 is 15.4 Å². The number of amides is 1. The Morgan fingerprint density at radius 3 is 2.78 bits per heavy atom. The summed E-state index contributed by atoms with van der Waals surface area (Å²) in [5.74, 6) is 2.28. The van der Waals surface area contributed by atoms with Gasteiger partial charge in [0.15, 0.2) is 0 Å². The zero-order valence-electron chi connectivity index (χ0n) is 28.1. The second-order valence-electron chi connectivity index (χ2n) is 15.0. The second-order valence-corrected chi connectivity index (χ2v) is 15.0. The summed E-state index contributed by atoms with van der Waals surface area (Å²) in [6, 6.07) is 8.07. The number of esters is 1. The van der Waals surface area contributed by atoms with Gasteiger partial charge >= 0.3 is 5.97 Å². The highest BCUT2D eigenvalue weighted by atomic mass is 16.5. The first kappa shape index (κ1) is 32.8. The van der Waals surface area contributed by atoms with Crippen molar-refractivity contribution in [3.63, 3.8) is 0 Å². The van der Waals surface area contributed by atoms with Crippen LogP contribution in [0.3, 0.4) is 0 Å². The summed E-state index contributed by atoms with van der Waals surface area (Å²) < 4.78 is 11.6. The molecule has 1 amide bonds. The number of methoxy groups -OCH3 is 1. The normalized spacial score (nSPS) is 32.4. The minimum absolute atomic E-state index is 0.00687. The summed E-state index contributed by atoms with van der Waals surface area (Å²) in [5, 5.41) is 17.8. The number of nitrogens with zero attached hydrogens (tertiary/aromatic N) is 1. The van der Waals surface area contributed by atoms with Crippen molar-refractivity contribution in [2.45, 2.75) is 116 Å². The third-order valence-electron chi connectivity index (χ3n) is 12.3. The highest BCUT2D eigenvalue weighted by Crippen LogP contribution is 2.65. The van der Waals surface area contributed by atoms with Gasteiger partial charge in [-0.15, -0.1) is 0 Å². The minimum atomic E-state index is -0.250. The van der Waals surface area contributed by atoms with Gasteiger partial charge in [0.2, 0.25) is 5.91 Å². The van der Waals surface area contributed by atoms with Gasteiger partial charge in [-0.25, -0.2) is 0 Å². The van der Waals surface area contributed by atoms with Crippen molar-refractivity contribution in [1.82, 2.24) is 10.3 Å². The number of benzene rings is 1. The zero-order valence-corrected chi connectivity index (χ0v) is 28.1. The van der Waals surface area contributed by atoms with Crippen molar-refractivity contribution in [2.75, 3.05) is 19.0 Å². The molecule has 4 aliphatic rings. The molecule has 1 aromatic carbocycles. The molecule has 8 heteroatoms. The number of pyridine rings is 1. The Bertz CT molecular complexity index is 1460. The van der Waals surface area contributed by atoms with Crippen LogP contribution in [-0.4, -0.2) is 53.9 Å². The number of fused-ring (bicyclic) bond motifs is 6. The van der Waals surface area contributed by atoms with Crippen molar-refractivity contribution < 1.29 is 24.2 Å². The standard InChI is InChI=1S/C38H53N3O5/c1-24(41-32-23-28(45-4)21-25-8-6-20-40-36(25)32)7-5-19-39-34(43)13-14-35(44)46-33-12-11-30-29-10-9-26-22-27(42)15-17-37(26,2)31(29)16-18-38(30,33)3/h6,8-9,20-21,23-24,27,29-31,33,41-42H,5,7,10-19,22H2,1-4H3,(H,39,43)/t24?,27-,29-,30-,31-,33-,37-,38-/m0/s1. The Morgan fingerprint density at radius 1 is 1.11 bits per heavy atom. The van der Waals surface area contributed by atoms with Crippen molar-refractivity contribution >= 4 is 28.5 Å². The van der Waals surface area contributed by atoms with E-state index >= 15 is 0 Å². The molecule has 46 heavy (non-hydrogen) atoms. The van der Waals surface area contributed by atoms with Gasteiger partial charge in [-0.05, 0) is 106 Å². The van der Waals surface area contributed by atoms with Gasteiger partial charge in [-0.1, -0.05) is 31.6 Å². The summed E-state index contributed by atoms with van der Waals surface area (Å²) in [4.78, 5) is 30.1. The van der Waals surface area contributed by atoms with E-state index in [2.05, 4.69) is 42.5 Å². The number of hydrogen-bond donors (Lipinski definition) is 3. The fourth-order valence-electron chi connectivity index (χ4n) is 9.68. The summed E-state index contributed by atoms with van der Waals surface area (Å²) in [6.45, 7) is 7.48. The third-order valence-corrected chi connectivity index (χ3v) is 12.3. The van der Waals surface area contributed by atoms with E-state index in [0.717, 1.165) is 80.1 Å². The number of carbonyl (C=O) groups excluding carboxylic acids is 2. The van der Waals surface area contributed by atoms with Crippen LogP contribution in [0.15, 0.2) is 42.1 Å². The van der Waals surface area contributed by atoms with Crippen molar-refractivity contribution in [3.8, 4) is 5.75 Å². The molecular weight excluding hydrogens is 578 g/mol. The molecule has 3 fully saturated rings. The van der Waals surface area contributed by atoms with Gasteiger partial charge in [0.1, 0.15) is 11.9 Å². The maximum absolute atomic E-state index is 12.9. The molecule has 1 unspecified atom stereocenters. The predicted octanol–water partition coefficient (Wildman–Crippen LogP) is 6.96. The SMILES string of the molecule is COc1cc(NC(C)CCCNC(=O)CCC(=O)O[C@H]2CC[C@H]3[C@@H]4CC=C5C[C@@H](O)CC[C@]5(C)[C@H]4CC[C@]23C)c2ncccc2c1. The lowest BCUT2D eigenvalue weighted by molar-refractivity contribution is -0.160. The first-order chi connectivity index (χ1) is 22.1. The zero-order chi connectivity index (χ0) is 32.5. The summed E-state index contributed by atoms with van der Waals surface area (Å²) in [7, 11) is 1.66.